The van der Waals surface area contributed by atoms with Crippen molar-refractivity contribution in [2.24, 2.45) is 0 Å². The van der Waals surface area contributed by atoms with Crippen LogP contribution < -0.4 is 5.32 Å². The van der Waals surface area contributed by atoms with Crippen LogP contribution in [-0.2, 0) is 0 Å². The second-order valence-corrected chi connectivity index (χ2v) is 6.00. The summed E-state index contributed by atoms with van der Waals surface area (Å²) in [4.78, 5) is 0. The molecule has 0 radical (unpaired) electrons. The predicted molar refractivity (Wildman–Crippen MR) is 72.9 cm³/mol. The Balaban J connectivity index is 2.23. The number of halogens is 2. The molecule has 2 rings (SSSR count). The maximum absolute atomic E-state index is 13.9. The molecule has 1 N–H and O–H groups in total. The summed E-state index contributed by atoms with van der Waals surface area (Å²) in [5, 5.41) is 3.72. The molecule has 100 valence electrons. The van der Waals surface area contributed by atoms with E-state index in [0.29, 0.717) is 10.8 Å². The average Bonchev–Trinajstić information content (AvgIpc) is 2.88. The van der Waals surface area contributed by atoms with Crippen molar-refractivity contribution in [1.29, 1.82) is 0 Å². The molecule has 0 saturated carbocycles. The lowest BCUT2D eigenvalue weighted by molar-refractivity contribution is 0.473. The third kappa shape index (κ3) is 3.23. The van der Waals surface area contributed by atoms with Gasteiger partial charge >= 0.3 is 0 Å². The summed E-state index contributed by atoms with van der Waals surface area (Å²) in [6.07, 6.45) is 3.23. The molecule has 1 heterocycles. The Morgan fingerprint density at radius 2 is 2.28 bits per heavy atom. The fourth-order valence-corrected chi connectivity index (χ4v) is 3.76. The molecule has 2 atom stereocenters. The van der Waals surface area contributed by atoms with Gasteiger partial charge in [0.2, 0.25) is 0 Å². The van der Waals surface area contributed by atoms with Gasteiger partial charge in [-0.1, -0.05) is 6.92 Å². The van der Waals surface area contributed by atoms with Crippen LogP contribution in [0, 0.1) is 11.6 Å². The van der Waals surface area contributed by atoms with Gasteiger partial charge in [-0.25, -0.2) is 8.78 Å². The van der Waals surface area contributed by atoms with Crippen molar-refractivity contribution in [2.75, 3.05) is 12.3 Å². The van der Waals surface area contributed by atoms with Crippen LogP contribution in [0.2, 0.25) is 0 Å². The van der Waals surface area contributed by atoms with Crippen LogP contribution in [0.25, 0.3) is 0 Å². The zero-order valence-electron chi connectivity index (χ0n) is 10.6. The number of thioether (sulfide) groups is 1. The van der Waals surface area contributed by atoms with E-state index >= 15 is 0 Å². The Bertz CT molecular complexity index is 391. The fourth-order valence-electron chi connectivity index (χ4n) is 2.36. The first-order chi connectivity index (χ1) is 8.72. The smallest absolute Gasteiger partial charge is 0.128 e. The van der Waals surface area contributed by atoms with Gasteiger partial charge in [-0.3, -0.25) is 0 Å². The third-order valence-corrected chi connectivity index (χ3v) is 4.70. The highest BCUT2D eigenvalue weighted by Crippen LogP contribution is 2.37. The van der Waals surface area contributed by atoms with Crippen LogP contribution in [0.4, 0.5) is 8.78 Å². The molecule has 0 bridgehead atoms. The van der Waals surface area contributed by atoms with E-state index < -0.39 is 0 Å². The quantitative estimate of drug-likeness (QED) is 0.871. The molecule has 0 amide bonds. The summed E-state index contributed by atoms with van der Waals surface area (Å²) in [6.45, 7) is 2.91. The van der Waals surface area contributed by atoms with Gasteiger partial charge < -0.3 is 5.32 Å². The number of hydrogen-bond acceptors (Lipinski definition) is 2. The van der Waals surface area contributed by atoms with Gasteiger partial charge in [-0.15, -0.1) is 0 Å². The minimum Gasteiger partial charge on any atom is -0.309 e. The Morgan fingerprint density at radius 3 is 2.94 bits per heavy atom. The van der Waals surface area contributed by atoms with E-state index in [4.69, 9.17) is 0 Å². The lowest BCUT2D eigenvalue weighted by Crippen LogP contribution is -2.30. The summed E-state index contributed by atoms with van der Waals surface area (Å²) < 4.78 is 27.2. The molecule has 0 spiro atoms. The van der Waals surface area contributed by atoms with Crippen molar-refractivity contribution >= 4 is 11.8 Å². The third-order valence-electron chi connectivity index (χ3n) is 3.24. The van der Waals surface area contributed by atoms with Crippen LogP contribution in [0.3, 0.4) is 0 Å². The largest absolute Gasteiger partial charge is 0.309 e. The Hall–Kier alpha value is -0.610. The van der Waals surface area contributed by atoms with E-state index in [9.17, 15) is 8.78 Å². The Labute approximate surface area is 111 Å². The normalized spacial score (nSPS) is 21.2. The molecule has 2 unspecified atom stereocenters. The van der Waals surface area contributed by atoms with Crippen LogP contribution in [0.15, 0.2) is 18.2 Å². The van der Waals surface area contributed by atoms with Gasteiger partial charge in [-0.2, -0.15) is 11.8 Å². The van der Waals surface area contributed by atoms with Gasteiger partial charge in [0.05, 0.1) is 0 Å². The second-order valence-electron chi connectivity index (χ2n) is 4.65. The zero-order valence-corrected chi connectivity index (χ0v) is 11.4. The lowest BCUT2D eigenvalue weighted by Gasteiger charge is -2.25. The van der Waals surface area contributed by atoms with Crippen molar-refractivity contribution < 1.29 is 8.78 Å². The molecule has 1 aromatic carbocycles. The highest BCUT2D eigenvalue weighted by Gasteiger charge is 2.28. The molecular formula is C14H19F2NS. The van der Waals surface area contributed by atoms with Crippen molar-refractivity contribution in [3.8, 4) is 0 Å². The number of nitrogens with one attached hydrogen (secondary N) is 1. The molecule has 4 heteroatoms. The Kier molecular flexibility index (Phi) is 5.01. The average molecular weight is 271 g/mol. The van der Waals surface area contributed by atoms with Gasteiger partial charge in [0, 0.05) is 16.9 Å². The molecule has 0 aliphatic carbocycles. The second kappa shape index (κ2) is 6.53. The molecule has 1 aliphatic heterocycles. The van der Waals surface area contributed by atoms with Crippen molar-refractivity contribution in [1.82, 2.24) is 5.32 Å². The SMILES string of the molecule is CCCNC(c1cc(F)ccc1F)C1CCCS1. The summed E-state index contributed by atoms with van der Waals surface area (Å²) in [7, 11) is 0. The van der Waals surface area contributed by atoms with E-state index in [1.165, 1.54) is 18.2 Å². The summed E-state index contributed by atoms with van der Waals surface area (Å²) in [5.74, 6) is 0.446. The van der Waals surface area contributed by atoms with Crippen molar-refractivity contribution in [3.05, 3.63) is 35.4 Å². The molecular weight excluding hydrogens is 252 g/mol. The maximum Gasteiger partial charge on any atom is 0.128 e. The maximum atomic E-state index is 13.9. The summed E-state index contributed by atoms with van der Waals surface area (Å²) >= 11 is 1.86. The van der Waals surface area contributed by atoms with Crippen LogP contribution in [0.1, 0.15) is 37.8 Å². The van der Waals surface area contributed by atoms with Gasteiger partial charge in [-0.05, 0) is 49.8 Å². The number of rotatable bonds is 5. The molecule has 0 aromatic heterocycles. The van der Waals surface area contributed by atoms with Gasteiger partial charge in [0.15, 0.2) is 0 Å². The fraction of sp³-hybridized carbons (Fsp3) is 0.571. The number of hydrogen-bond donors (Lipinski definition) is 1. The van der Waals surface area contributed by atoms with Crippen LogP contribution >= 0.6 is 11.8 Å². The molecule has 1 saturated heterocycles. The molecule has 1 fully saturated rings. The molecule has 1 aliphatic rings. The monoisotopic (exact) mass is 271 g/mol. The van der Waals surface area contributed by atoms with Crippen molar-refractivity contribution in [3.63, 3.8) is 0 Å². The van der Waals surface area contributed by atoms with Crippen molar-refractivity contribution in [2.45, 2.75) is 37.5 Å². The summed E-state index contributed by atoms with van der Waals surface area (Å²) in [6, 6.07) is 3.66. The highest BCUT2D eigenvalue weighted by molar-refractivity contribution is 8.00. The van der Waals surface area contributed by atoms with E-state index in [2.05, 4.69) is 12.2 Å². The highest BCUT2D eigenvalue weighted by atomic mass is 32.2. The first kappa shape index (κ1) is 13.8. The first-order valence-electron chi connectivity index (χ1n) is 6.52. The van der Waals surface area contributed by atoms with E-state index in [1.54, 1.807) is 0 Å². The topological polar surface area (TPSA) is 12.0 Å². The van der Waals surface area contributed by atoms with Crippen LogP contribution in [-0.4, -0.2) is 17.5 Å². The van der Waals surface area contributed by atoms with Gasteiger partial charge in [0.1, 0.15) is 11.6 Å². The zero-order chi connectivity index (χ0) is 13.0. The number of benzene rings is 1. The molecule has 1 aromatic rings. The standard InChI is InChI=1S/C14H19F2NS/c1-2-7-17-14(13-4-3-8-18-13)11-9-10(15)5-6-12(11)16/h5-6,9,13-14,17H,2-4,7-8H2,1H3. The van der Waals surface area contributed by atoms with Crippen LogP contribution in [0.5, 0.6) is 0 Å². The minimum atomic E-state index is -0.363. The molecule has 1 nitrogen and oxygen atoms in total. The van der Waals surface area contributed by atoms with Gasteiger partial charge in [0.25, 0.3) is 0 Å². The summed E-state index contributed by atoms with van der Waals surface area (Å²) in [5.41, 5.74) is 0.475. The van der Waals surface area contributed by atoms with E-state index in [0.717, 1.165) is 31.6 Å². The van der Waals surface area contributed by atoms with E-state index in [-0.39, 0.29) is 17.7 Å². The lowest BCUT2D eigenvalue weighted by atomic mass is 10.00. The minimum absolute atomic E-state index is 0.0758. The van der Waals surface area contributed by atoms with E-state index in [1.807, 2.05) is 11.8 Å². The first-order valence-corrected chi connectivity index (χ1v) is 7.57. The Morgan fingerprint density at radius 1 is 1.44 bits per heavy atom. The predicted octanol–water partition coefficient (Wildman–Crippen LogP) is 3.90. The molecule has 18 heavy (non-hydrogen) atoms.